The van der Waals surface area contributed by atoms with Crippen LogP contribution in [0, 0.1) is 0 Å². The van der Waals surface area contributed by atoms with E-state index >= 15 is 0 Å². The average molecular weight is 255 g/mol. The number of ether oxygens (including phenoxy) is 1. The number of rotatable bonds is 7. The van der Waals surface area contributed by atoms with Crippen LogP contribution in [0.3, 0.4) is 0 Å². The minimum Gasteiger partial charge on any atom is -0.383 e. The first-order valence-corrected chi connectivity index (χ1v) is 7.32. The average Bonchev–Trinajstić information content (AvgIpc) is 3.20. The van der Waals surface area contributed by atoms with Crippen LogP contribution in [-0.4, -0.2) is 74.4 Å². The zero-order valence-corrected chi connectivity index (χ0v) is 12.2. The first-order valence-electron chi connectivity index (χ1n) is 7.32. The van der Waals surface area contributed by atoms with E-state index in [1.165, 1.54) is 32.5 Å². The van der Waals surface area contributed by atoms with E-state index in [1.807, 2.05) is 0 Å². The number of hydrogen-bond donors (Lipinski definition) is 1. The number of piperazine rings is 1. The topological polar surface area (TPSA) is 27.7 Å². The molecule has 1 aliphatic carbocycles. The molecule has 2 aliphatic rings. The summed E-state index contributed by atoms with van der Waals surface area (Å²) in [5, 5.41) is 3.43. The molecule has 0 aromatic rings. The predicted molar refractivity (Wildman–Crippen MR) is 75.0 cm³/mol. The molecule has 18 heavy (non-hydrogen) atoms. The van der Waals surface area contributed by atoms with Crippen molar-refractivity contribution in [3.05, 3.63) is 0 Å². The molecule has 0 spiro atoms. The molecule has 0 unspecified atom stereocenters. The normalized spacial score (nSPS) is 22.7. The Kier molecular flexibility index (Phi) is 5.01. The summed E-state index contributed by atoms with van der Waals surface area (Å²) in [4.78, 5) is 5.26. The standard InChI is InChI=1S/C14H29N3O/c1-14(2,17-8-6-15-7-9-17)12-16(10-11-18-3)13-4-5-13/h13,15H,4-12H2,1-3H3. The molecule has 0 atom stereocenters. The van der Waals surface area contributed by atoms with Gasteiger partial charge in [0, 0.05) is 58.0 Å². The third-order valence-corrected chi connectivity index (χ3v) is 4.21. The minimum atomic E-state index is 0.276. The SMILES string of the molecule is COCCN(CC(C)(C)N1CCNCC1)C1CC1. The van der Waals surface area contributed by atoms with Crippen LogP contribution >= 0.6 is 0 Å². The summed E-state index contributed by atoms with van der Waals surface area (Å²) in [5.74, 6) is 0. The highest BCUT2D eigenvalue weighted by Gasteiger charge is 2.35. The van der Waals surface area contributed by atoms with E-state index in [9.17, 15) is 0 Å². The molecule has 0 aromatic heterocycles. The summed E-state index contributed by atoms with van der Waals surface area (Å²) in [5.41, 5.74) is 0.276. The first-order chi connectivity index (χ1) is 8.63. The Balaban J connectivity index is 1.86. The Morgan fingerprint density at radius 2 is 1.94 bits per heavy atom. The molecule has 4 nitrogen and oxygen atoms in total. The van der Waals surface area contributed by atoms with Gasteiger partial charge in [-0.2, -0.15) is 0 Å². The van der Waals surface area contributed by atoms with Gasteiger partial charge in [0.2, 0.25) is 0 Å². The van der Waals surface area contributed by atoms with Crippen molar-refractivity contribution >= 4 is 0 Å². The molecule has 1 saturated carbocycles. The second kappa shape index (κ2) is 6.33. The van der Waals surface area contributed by atoms with E-state index < -0.39 is 0 Å². The van der Waals surface area contributed by atoms with Gasteiger partial charge >= 0.3 is 0 Å². The van der Waals surface area contributed by atoms with Crippen LogP contribution in [0.1, 0.15) is 26.7 Å². The maximum absolute atomic E-state index is 5.24. The molecule has 106 valence electrons. The molecule has 4 heteroatoms. The van der Waals surface area contributed by atoms with Gasteiger partial charge < -0.3 is 10.1 Å². The van der Waals surface area contributed by atoms with Gasteiger partial charge in [-0.05, 0) is 26.7 Å². The van der Waals surface area contributed by atoms with Crippen molar-refractivity contribution < 1.29 is 4.74 Å². The fraction of sp³-hybridized carbons (Fsp3) is 1.00. The largest absolute Gasteiger partial charge is 0.383 e. The van der Waals surface area contributed by atoms with Gasteiger partial charge in [-0.15, -0.1) is 0 Å². The van der Waals surface area contributed by atoms with Crippen molar-refractivity contribution in [3.63, 3.8) is 0 Å². The molecule has 2 fully saturated rings. The van der Waals surface area contributed by atoms with Crippen molar-refractivity contribution in [2.24, 2.45) is 0 Å². The van der Waals surface area contributed by atoms with Crippen molar-refractivity contribution in [1.82, 2.24) is 15.1 Å². The molecule has 2 rings (SSSR count). The molecule has 1 N–H and O–H groups in total. The van der Waals surface area contributed by atoms with E-state index in [0.717, 1.165) is 32.3 Å². The zero-order valence-electron chi connectivity index (χ0n) is 12.2. The maximum Gasteiger partial charge on any atom is 0.0589 e. The van der Waals surface area contributed by atoms with E-state index in [-0.39, 0.29) is 5.54 Å². The molecule has 0 aromatic carbocycles. The van der Waals surface area contributed by atoms with E-state index in [2.05, 4.69) is 29.0 Å². The van der Waals surface area contributed by atoms with Gasteiger partial charge in [0.1, 0.15) is 0 Å². The third-order valence-electron chi connectivity index (χ3n) is 4.21. The monoisotopic (exact) mass is 255 g/mol. The molecular weight excluding hydrogens is 226 g/mol. The molecule has 1 saturated heterocycles. The van der Waals surface area contributed by atoms with Crippen LogP contribution in [0.2, 0.25) is 0 Å². The van der Waals surface area contributed by atoms with Crippen molar-refractivity contribution in [3.8, 4) is 0 Å². The van der Waals surface area contributed by atoms with Crippen LogP contribution in [0.15, 0.2) is 0 Å². The fourth-order valence-electron chi connectivity index (χ4n) is 2.91. The van der Waals surface area contributed by atoms with Gasteiger partial charge in [-0.25, -0.2) is 0 Å². The number of methoxy groups -OCH3 is 1. The Bertz CT molecular complexity index is 247. The Hall–Kier alpha value is -0.160. The summed E-state index contributed by atoms with van der Waals surface area (Å²) in [6.45, 7) is 12.5. The van der Waals surface area contributed by atoms with Crippen molar-refractivity contribution in [1.29, 1.82) is 0 Å². The Labute approximate surface area is 112 Å². The number of nitrogens with zero attached hydrogens (tertiary/aromatic N) is 2. The lowest BCUT2D eigenvalue weighted by atomic mass is 10.0. The van der Waals surface area contributed by atoms with E-state index in [4.69, 9.17) is 4.74 Å². The summed E-state index contributed by atoms with van der Waals surface area (Å²) in [6.07, 6.45) is 2.75. The van der Waals surface area contributed by atoms with Crippen molar-refractivity contribution in [2.45, 2.75) is 38.3 Å². The van der Waals surface area contributed by atoms with Gasteiger partial charge in [0.05, 0.1) is 6.61 Å². The third kappa shape index (κ3) is 3.92. The van der Waals surface area contributed by atoms with E-state index in [1.54, 1.807) is 7.11 Å². The van der Waals surface area contributed by atoms with E-state index in [0.29, 0.717) is 0 Å². The fourth-order valence-corrected chi connectivity index (χ4v) is 2.91. The molecule has 0 bridgehead atoms. The molecule has 1 heterocycles. The molecule has 0 amide bonds. The second-order valence-electron chi connectivity index (χ2n) is 6.24. The summed E-state index contributed by atoms with van der Waals surface area (Å²) < 4.78 is 5.24. The summed E-state index contributed by atoms with van der Waals surface area (Å²) in [7, 11) is 1.80. The smallest absolute Gasteiger partial charge is 0.0589 e. The number of hydrogen-bond acceptors (Lipinski definition) is 4. The van der Waals surface area contributed by atoms with Crippen LogP contribution < -0.4 is 5.32 Å². The van der Waals surface area contributed by atoms with Crippen LogP contribution in [0.4, 0.5) is 0 Å². The van der Waals surface area contributed by atoms with Crippen LogP contribution in [-0.2, 0) is 4.74 Å². The van der Waals surface area contributed by atoms with Gasteiger partial charge in [-0.1, -0.05) is 0 Å². The number of nitrogens with one attached hydrogen (secondary N) is 1. The quantitative estimate of drug-likeness (QED) is 0.728. The lowest BCUT2D eigenvalue weighted by molar-refractivity contribution is 0.0491. The van der Waals surface area contributed by atoms with Gasteiger partial charge in [0.15, 0.2) is 0 Å². The first kappa shape index (κ1) is 14.3. The maximum atomic E-state index is 5.24. The van der Waals surface area contributed by atoms with Crippen LogP contribution in [0.25, 0.3) is 0 Å². The summed E-state index contributed by atoms with van der Waals surface area (Å²) in [6, 6.07) is 0.822. The zero-order chi connectivity index (χ0) is 13.0. The Morgan fingerprint density at radius 1 is 1.28 bits per heavy atom. The molecule has 1 aliphatic heterocycles. The predicted octanol–water partition coefficient (Wildman–Crippen LogP) is 0.781. The van der Waals surface area contributed by atoms with Gasteiger partial charge in [0.25, 0.3) is 0 Å². The highest BCUT2D eigenvalue weighted by Crippen LogP contribution is 2.29. The minimum absolute atomic E-state index is 0.276. The van der Waals surface area contributed by atoms with Gasteiger partial charge in [-0.3, -0.25) is 9.80 Å². The Morgan fingerprint density at radius 3 is 2.50 bits per heavy atom. The van der Waals surface area contributed by atoms with Crippen molar-refractivity contribution in [2.75, 3.05) is 53.0 Å². The second-order valence-corrected chi connectivity index (χ2v) is 6.24. The lowest BCUT2D eigenvalue weighted by Gasteiger charge is -2.44. The summed E-state index contributed by atoms with van der Waals surface area (Å²) >= 11 is 0. The molecular formula is C14H29N3O. The lowest BCUT2D eigenvalue weighted by Crippen LogP contribution is -2.58. The van der Waals surface area contributed by atoms with Crippen LogP contribution in [0.5, 0.6) is 0 Å². The highest BCUT2D eigenvalue weighted by molar-refractivity contribution is 4.93. The molecule has 0 radical (unpaired) electrons. The highest BCUT2D eigenvalue weighted by atomic mass is 16.5.